The third-order valence-corrected chi connectivity index (χ3v) is 5.85. The molecule has 1 N–H and O–H groups in total. The summed E-state index contributed by atoms with van der Waals surface area (Å²) in [4.78, 5) is 39.8. The highest BCUT2D eigenvalue weighted by atomic mass is 19.2. The Hall–Kier alpha value is -4.27. The molecule has 36 heavy (non-hydrogen) atoms. The molecular formula is C27H24F2N2O5. The lowest BCUT2D eigenvalue weighted by atomic mass is 10.1. The maximum absolute atomic E-state index is 13.4. The van der Waals surface area contributed by atoms with Gasteiger partial charge in [-0.2, -0.15) is 0 Å². The van der Waals surface area contributed by atoms with Crippen LogP contribution in [0.1, 0.15) is 35.8 Å². The van der Waals surface area contributed by atoms with Gasteiger partial charge in [-0.15, -0.1) is 0 Å². The van der Waals surface area contributed by atoms with Crippen LogP contribution in [-0.2, 0) is 9.59 Å². The standard InChI is InChI=1S/C27H24F2N2O5/c1-16(18-6-4-3-5-7-18)30-27(34)17(2)31-23-12-19(8-11-25(23)36-15-26(31)33)24(32)14-35-20-9-10-21(28)22(29)13-20/h3-13,16-17H,14-15H2,1-2H3,(H,30,34)/t16-,17+/m0/s1. The number of fused-ring (bicyclic) bond motifs is 1. The summed E-state index contributed by atoms with van der Waals surface area (Å²) in [6.07, 6.45) is 0. The lowest BCUT2D eigenvalue weighted by Crippen LogP contribution is -2.51. The molecule has 0 radical (unpaired) electrons. The van der Waals surface area contributed by atoms with Crippen LogP contribution >= 0.6 is 0 Å². The van der Waals surface area contributed by atoms with Gasteiger partial charge in [0.25, 0.3) is 5.91 Å². The number of amides is 2. The van der Waals surface area contributed by atoms with Crippen LogP contribution in [0, 0.1) is 11.6 Å². The van der Waals surface area contributed by atoms with Crippen LogP contribution in [0.3, 0.4) is 0 Å². The molecule has 0 fully saturated rings. The van der Waals surface area contributed by atoms with Crippen molar-refractivity contribution in [1.29, 1.82) is 0 Å². The predicted molar refractivity (Wildman–Crippen MR) is 128 cm³/mol. The lowest BCUT2D eigenvalue weighted by Gasteiger charge is -2.34. The number of carbonyl (C=O) groups excluding carboxylic acids is 3. The summed E-state index contributed by atoms with van der Waals surface area (Å²) >= 11 is 0. The van der Waals surface area contributed by atoms with Gasteiger partial charge in [-0.3, -0.25) is 19.3 Å². The first-order chi connectivity index (χ1) is 17.2. The van der Waals surface area contributed by atoms with Crippen molar-refractivity contribution >= 4 is 23.3 Å². The Labute approximate surface area is 206 Å². The second-order valence-electron chi connectivity index (χ2n) is 8.34. The Balaban J connectivity index is 1.50. The number of anilines is 1. The third kappa shape index (κ3) is 5.35. The van der Waals surface area contributed by atoms with Gasteiger partial charge in [0.1, 0.15) is 17.5 Å². The van der Waals surface area contributed by atoms with E-state index in [2.05, 4.69) is 5.32 Å². The minimum absolute atomic E-state index is 0.00169. The summed E-state index contributed by atoms with van der Waals surface area (Å²) in [5.41, 5.74) is 1.39. The fourth-order valence-electron chi connectivity index (χ4n) is 3.84. The van der Waals surface area contributed by atoms with E-state index in [0.29, 0.717) is 5.75 Å². The lowest BCUT2D eigenvalue weighted by molar-refractivity contribution is -0.127. The largest absolute Gasteiger partial charge is 0.485 e. The van der Waals surface area contributed by atoms with Crippen molar-refractivity contribution in [2.75, 3.05) is 18.1 Å². The average Bonchev–Trinajstić information content (AvgIpc) is 2.88. The maximum Gasteiger partial charge on any atom is 0.265 e. The van der Waals surface area contributed by atoms with Crippen LogP contribution in [-0.4, -0.2) is 36.9 Å². The van der Waals surface area contributed by atoms with Crippen molar-refractivity contribution in [1.82, 2.24) is 5.32 Å². The van der Waals surface area contributed by atoms with E-state index in [-0.39, 0.29) is 35.6 Å². The monoisotopic (exact) mass is 494 g/mol. The van der Waals surface area contributed by atoms with Gasteiger partial charge in [0, 0.05) is 11.6 Å². The van der Waals surface area contributed by atoms with E-state index in [1.165, 1.54) is 29.2 Å². The molecule has 0 bridgehead atoms. The number of hydrogen-bond donors (Lipinski definition) is 1. The summed E-state index contributed by atoms with van der Waals surface area (Å²) < 4.78 is 37.3. The van der Waals surface area contributed by atoms with Gasteiger partial charge < -0.3 is 14.8 Å². The van der Waals surface area contributed by atoms with Gasteiger partial charge in [-0.1, -0.05) is 30.3 Å². The quantitative estimate of drug-likeness (QED) is 0.474. The summed E-state index contributed by atoms with van der Waals surface area (Å²) in [6.45, 7) is 2.76. The average molecular weight is 494 g/mol. The normalized spacial score (nSPS) is 14.3. The minimum atomic E-state index is -1.09. The Bertz CT molecular complexity index is 1300. The van der Waals surface area contributed by atoms with Crippen LogP contribution < -0.4 is 19.7 Å². The number of Topliss-reactive ketones (excluding diaryl/α,β-unsaturated/α-hetero) is 1. The molecule has 1 aliphatic heterocycles. The number of carbonyl (C=O) groups is 3. The van der Waals surface area contributed by atoms with Gasteiger partial charge in [-0.25, -0.2) is 8.78 Å². The first-order valence-corrected chi connectivity index (χ1v) is 11.3. The van der Waals surface area contributed by atoms with Gasteiger partial charge in [-0.05, 0) is 49.7 Å². The number of hydrogen-bond acceptors (Lipinski definition) is 5. The van der Waals surface area contributed by atoms with Crippen LogP contribution in [0.4, 0.5) is 14.5 Å². The molecule has 2 atom stereocenters. The predicted octanol–water partition coefficient (Wildman–Crippen LogP) is 4.22. The van der Waals surface area contributed by atoms with Crippen molar-refractivity contribution in [3.63, 3.8) is 0 Å². The SMILES string of the molecule is C[C@H](NC(=O)[C@@H](C)N1C(=O)COc2ccc(C(=O)COc3ccc(F)c(F)c3)cc21)c1ccccc1. The van der Waals surface area contributed by atoms with Crippen molar-refractivity contribution in [2.45, 2.75) is 25.9 Å². The van der Waals surface area contributed by atoms with Gasteiger partial charge in [0.05, 0.1) is 11.7 Å². The first-order valence-electron chi connectivity index (χ1n) is 11.3. The van der Waals surface area contributed by atoms with E-state index in [9.17, 15) is 23.2 Å². The molecule has 0 unspecified atom stereocenters. The number of ketones is 1. The molecule has 4 rings (SSSR count). The van der Waals surface area contributed by atoms with Crippen LogP contribution in [0.25, 0.3) is 0 Å². The zero-order valence-corrected chi connectivity index (χ0v) is 19.7. The number of benzene rings is 3. The molecule has 1 heterocycles. The van der Waals surface area contributed by atoms with Crippen molar-refractivity contribution < 1.29 is 32.6 Å². The first kappa shape index (κ1) is 24.8. The molecule has 0 saturated heterocycles. The molecule has 9 heteroatoms. The molecule has 7 nitrogen and oxygen atoms in total. The second kappa shape index (κ2) is 10.6. The van der Waals surface area contributed by atoms with Crippen molar-refractivity contribution in [3.8, 4) is 11.5 Å². The molecular weight excluding hydrogens is 470 g/mol. The van der Waals surface area contributed by atoms with Gasteiger partial charge in [0.2, 0.25) is 5.91 Å². The Kier molecular flexibility index (Phi) is 7.28. The number of ether oxygens (including phenoxy) is 2. The van der Waals surface area contributed by atoms with E-state index in [1.54, 1.807) is 6.92 Å². The van der Waals surface area contributed by atoms with Gasteiger partial charge >= 0.3 is 0 Å². The zero-order chi connectivity index (χ0) is 25.8. The summed E-state index contributed by atoms with van der Waals surface area (Å²) in [5, 5.41) is 2.91. The molecule has 2 amide bonds. The van der Waals surface area contributed by atoms with Crippen molar-refractivity contribution in [3.05, 3.63) is 89.5 Å². The van der Waals surface area contributed by atoms with Gasteiger partial charge in [0.15, 0.2) is 30.6 Å². The molecule has 0 aromatic heterocycles. The number of nitrogens with one attached hydrogen (secondary N) is 1. The molecule has 0 saturated carbocycles. The number of rotatable bonds is 8. The third-order valence-electron chi connectivity index (χ3n) is 5.85. The molecule has 0 aliphatic carbocycles. The molecule has 186 valence electrons. The summed E-state index contributed by atoms with van der Waals surface area (Å²) in [6, 6.07) is 15.7. The number of nitrogens with zero attached hydrogens (tertiary/aromatic N) is 1. The van der Waals surface area contributed by atoms with E-state index < -0.39 is 36.0 Å². The summed E-state index contributed by atoms with van der Waals surface area (Å²) in [7, 11) is 0. The molecule has 0 spiro atoms. The van der Waals surface area contributed by atoms with E-state index in [0.717, 1.165) is 17.7 Å². The Morgan fingerprint density at radius 3 is 2.50 bits per heavy atom. The van der Waals surface area contributed by atoms with Crippen LogP contribution in [0.5, 0.6) is 11.5 Å². The van der Waals surface area contributed by atoms with E-state index in [1.807, 2.05) is 37.3 Å². The minimum Gasteiger partial charge on any atom is -0.485 e. The molecule has 3 aromatic rings. The van der Waals surface area contributed by atoms with Crippen molar-refractivity contribution in [2.24, 2.45) is 0 Å². The fraction of sp³-hybridized carbons (Fsp3) is 0.222. The fourth-order valence-corrected chi connectivity index (χ4v) is 3.84. The van der Waals surface area contributed by atoms with Crippen LogP contribution in [0.15, 0.2) is 66.7 Å². The zero-order valence-electron chi connectivity index (χ0n) is 19.7. The van der Waals surface area contributed by atoms with E-state index in [4.69, 9.17) is 9.47 Å². The highest BCUT2D eigenvalue weighted by Crippen LogP contribution is 2.34. The molecule has 1 aliphatic rings. The topological polar surface area (TPSA) is 84.9 Å². The highest BCUT2D eigenvalue weighted by Gasteiger charge is 2.34. The Morgan fingerprint density at radius 2 is 1.78 bits per heavy atom. The molecule has 3 aromatic carbocycles. The highest BCUT2D eigenvalue weighted by molar-refractivity contribution is 6.06. The Morgan fingerprint density at radius 1 is 1.03 bits per heavy atom. The number of halogens is 2. The van der Waals surface area contributed by atoms with E-state index >= 15 is 0 Å². The smallest absolute Gasteiger partial charge is 0.265 e. The maximum atomic E-state index is 13.4. The summed E-state index contributed by atoms with van der Waals surface area (Å²) in [5.74, 6) is -3.03. The van der Waals surface area contributed by atoms with Crippen LogP contribution in [0.2, 0.25) is 0 Å². The second-order valence-corrected chi connectivity index (χ2v) is 8.34.